The Labute approximate surface area is 140 Å². The van der Waals surface area contributed by atoms with Gasteiger partial charge < -0.3 is 4.90 Å². The zero-order valence-corrected chi connectivity index (χ0v) is 13.5. The lowest BCUT2D eigenvalue weighted by Gasteiger charge is -2.20. The van der Waals surface area contributed by atoms with Gasteiger partial charge in [0.2, 0.25) is 0 Å². The van der Waals surface area contributed by atoms with Crippen LogP contribution in [0.5, 0.6) is 0 Å². The van der Waals surface area contributed by atoms with Gasteiger partial charge in [-0.2, -0.15) is 0 Å². The van der Waals surface area contributed by atoms with Crippen LogP contribution in [0, 0.1) is 10.1 Å². The highest BCUT2D eigenvalue weighted by Crippen LogP contribution is 2.38. The maximum Gasteiger partial charge on any atom is 0.270 e. The molecule has 1 aliphatic rings. The summed E-state index contributed by atoms with van der Waals surface area (Å²) in [6.07, 6.45) is 2.42. The van der Waals surface area contributed by atoms with E-state index in [9.17, 15) is 10.1 Å². The predicted molar refractivity (Wildman–Crippen MR) is 91.0 cm³/mol. The molecule has 0 atom stereocenters. The highest BCUT2D eigenvalue weighted by atomic mass is 79.9. The van der Waals surface area contributed by atoms with Crippen molar-refractivity contribution in [3.8, 4) is 0 Å². The van der Waals surface area contributed by atoms with Gasteiger partial charge in [-0.25, -0.2) is 9.97 Å². The van der Waals surface area contributed by atoms with Crippen molar-refractivity contribution < 1.29 is 4.92 Å². The molecule has 3 aromatic rings. The van der Waals surface area contributed by atoms with Crippen LogP contribution in [0.2, 0.25) is 0 Å². The molecule has 0 radical (unpaired) electrons. The third kappa shape index (κ3) is 2.33. The first-order valence-electron chi connectivity index (χ1n) is 7.08. The summed E-state index contributed by atoms with van der Waals surface area (Å²) in [6.45, 7) is 0.792. The van der Waals surface area contributed by atoms with Gasteiger partial charge in [0.25, 0.3) is 5.69 Å². The van der Waals surface area contributed by atoms with Crippen molar-refractivity contribution in [2.75, 3.05) is 11.4 Å². The Balaban J connectivity index is 1.92. The Morgan fingerprint density at radius 2 is 2.04 bits per heavy atom. The largest absolute Gasteiger partial charge is 0.325 e. The van der Waals surface area contributed by atoms with Gasteiger partial charge in [-0.15, -0.1) is 0 Å². The summed E-state index contributed by atoms with van der Waals surface area (Å²) in [5, 5.41) is 11.8. The van der Waals surface area contributed by atoms with Gasteiger partial charge in [0.05, 0.1) is 15.8 Å². The topological polar surface area (TPSA) is 72.2 Å². The molecule has 23 heavy (non-hydrogen) atoms. The number of halogens is 1. The number of aromatic nitrogens is 2. The van der Waals surface area contributed by atoms with Crippen LogP contribution in [0.4, 0.5) is 17.2 Å². The number of anilines is 2. The molecule has 0 spiro atoms. The zero-order chi connectivity index (χ0) is 16.0. The molecule has 6 nitrogen and oxygen atoms in total. The highest BCUT2D eigenvalue weighted by Gasteiger charge is 2.24. The lowest BCUT2D eigenvalue weighted by Crippen LogP contribution is -2.15. The number of nitro groups is 1. The van der Waals surface area contributed by atoms with Crippen LogP contribution in [0.25, 0.3) is 10.9 Å². The molecule has 0 N–H and O–H groups in total. The fourth-order valence-electron chi connectivity index (χ4n) is 2.93. The molecule has 0 aliphatic carbocycles. The molecule has 1 aliphatic heterocycles. The van der Waals surface area contributed by atoms with E-state index < -0.39 is 4.92 Å². The average molecular weight is 371 g/mol. The second-order valence-corrected chi connectivity index (χ2v) is 6.25. The van der Waals surface area contributed by atoms with Crippen molar-refractivity contribution in [1.82, 2.24) is 9.97 Å². The number of benzene rings is 2. The fourth-order valence-corrected chi connectivity index (χ4v) is 3.28. The Bertz CT molecular complexity index is 945. The molecular formula is C16H11BrN4O2. The number of hydrogen-bond acceptors (Lipinski definition) is 5. The van der Waals surface area contributed by atoms with E-state index >= 15 is 0 Å². The van der Waals surface area contributed by atoms with Gasteiger partial charge in [-0.3, -0.25) is 10.1 Å². The van der Waals surface area contributed by atoms with Crippen molar-refractivity contribution in [3.63, 3.8) is 0 Å². The van der Waals surface area contributed by atoms with Gasteiger partial charge in [0, 0.05) is 28.8 Å². The van der Waals surface area contributed by atoms with Gasteiger partial charge in [-0.05, 0) is 30.2 Å². The van der Waals surface area contributed by atoms with E-state index in [4.69, 9.17) is 0 Å². The first kappa shape index (κ1) is 14.1. The predicted octanol–water partition coefficient (Wildman–Crippen LogP) is 3.99. The van der Waals surface area contributed by atoms with Crippen LogP contribution in [-0.4, -0.2) is 21.4 Å². The Kier molecular flexibility index (Phi) is 3.23. The monoisotopic (exact) mass is 370 g/mol. The van der Waals surface area contributed by atoms with Gasteiger partial charge in [-0.1, -0.05) is 22.0 Å². The van der Waals surface area contributed by atoms with E-state index in [2.05, 4.69) is 36.9 Å². The van der Waals surface area contributed by atoms with Crippen LogP contribution < -0.4 is 4.90 Å². The highest BCUT2D eigenvalue weighted by molar-refractivity contribution is 9.10. The van der Waals surface area contributed by atoms with Crippen molar-refractivity contribution in [3.05, 3.63) is 62.9 Å². The Morgan fingerprint density at radius 1 is 1.17 bits per heavy atom. The van der Waals surface area contributed by atoms with E-state index in [0.29, 0.717) is 16.7 Å². The summed E-state index contributed by atoms with van der Waals surface area (Å²) < 4.78 is 0.993. The number of hydrogen-bond donors (Lipinski definition) is 0. The second-order valence-electron chi connectivity index (χ2n) is 5.33. The van der Waals surface area contributed by atoms with E-state index in [-0.39, 0.29) is 5.69 Å². The molecule has 7 heteroatoms. The van der Waals surface area contributed by atoms with E-state index in [0.717, 1.165) is 23.1 Å². The van der Waals surface area contributed by atoms with Crippen molar-refractivity contribution in [2.24, 2.45) is 0 Å². The first-order chi connectivity index (χ1) is 11.1. The molecule has 0 fully saturated rings. The summed E-state index contributed by atoms with van der Waals surface area (Å²) in [5.74, 6) is 0.704. The van der Waals surface area contributed by atoms with Crippen molar-refractivity contribution in [1.29, 1.82) is 0 Å². The lowest BCUT2D eigenvalue weighted by atomic mass is 10.1. The van der Waals surface area contributed by atoms with Gasteiger partial charge in [0.15, 0.2) is 0 Å². The van der Waals surface area contributed by atoms with Crippen LogP contribution >= 0.6 is 15.9 Å². The molecule has 0 unspecified atom stereocenters. The van der Waals surface area contributed by atoms with Crippen LogP contribution in [0.1, 0.15) is 5.56 Å². The maximum atomic E-state index is 11.1. The zero-order valence-electron chi connectivity index (χ0n) is 11.9. The maximum absolute atomic E-state index is 11.1. The molecule has 0 bridgehead atoms. The number of non-ortho nitro benzene ring substituents is 1. The molecular weight excluding hydrogens is 360 g/mol. The normalized spacial score (nSPS) is 13.3. The summed E-state index contributed by atoms with van der Waals surface area (Å²) >= 11 is 3.50. The van der Waals surface area contributed by atoms with Crippen molar-refractivity contribution in [2.45, 2.75) is 6.42 Å². The minimum atomic E-state index is -0.398. The fraction of sp³-hybridized carbons (Fsp3) is 0.125. The van der Waals surface area contributed by atoms with Crippen molar-refractivity contribution >= 4 is 44.0 Å². The van der Waals surface area contributed by atoms with Gasteiger partial charge >= 0.3 is 0 Å². The SMILES string of the molecule is O=[N+]([O-])c1ccc2ncnc(N3CCc4ccc(Br)cc43)c2c1. The Hall–Kier alpha value is -2.54. The van der Waals surface area contributed by atoms with E-state index in [1.54, 1.807) is 12.1 Å². The second kappa shape index (κ2) is 5.27. The summed E-state index contributed by atoms with van der Waals surface area (Å²) in [7, 11) is 0. The van der Waals surface area contributed by atoms with Gasteiger partial charge in [0.1, 0.15) is 12.1 Å². The molecule has 114 valence electrons. The average Bonchev–Trinajstić information content (AvgIpc) is 2.96. The number of rotatable bonds is 2. The van der Waals surface area contributed by atoms with Crippen LogP contribution in [0.3, 0.4) is 0 Å². The lowest BCUT2D eigenvalue weighted by molar-refractivity contribution is -0.384. The Morgan fingerprint density at radius 3 is 2.87 bits per heavy atom. The molecule has 0 saturated carbocycles. The summed E-state index contributed by atoms with van der Waals surface area (Å²) in [5.41, 5.74) is 3.06. The number of nitrogens with zero attached hydrogens (tertiary/aromatic N) is 4. The number of nitro benzene ring substituents is 1. The van der Waals surface area contributed by atoms with E-state index in [1.165, 1.54) is 18.0 Å². The molecule has 2 heterocycles. The molecule has 0 amide bonds. The van der Waals surface area contributed by atoms with Crippen LogP contribution in [-0.2, 0) is 6.42 Å². The standard InChI is InChI=1S/C16H11BrN4O2/c17-11-2-1-10-5-6-20(15(10)7-11)16-13-8-12(21(22)23)3-4-14(13)18-9-19-16/h1-4,7-9H,5-6H2. The minimum Gasteiger partial charge on any atom is -0.325 e. The summed E-state index contributed by atoms with van der Waals surface area (Å²) in [6, 6.07) is 10.8. The molecule has 1 aromatic heterocycles. The molecule has 4 rings (SSSR count). The third-order valence-electron chi connectivity index (χ3n) is 4.01. The third-order valence-corrected chi connectivity index (χ3v) is 4.50. The van der Waals surface area contributed by atoms with Crippen LogP contribution in [0.15, 0.2) is 47.2 Å². The smallest absolute Gasteiger partial charge is 0.270 e. The molecule has 2 aromatic carbocycles. The quantitative estimate of drug-likeness (QED) is 0.503. The van der Waals surface area contributed by atoms with E-state index in [1.807, 2.05) is 12.1 Å². The first-order valence-corrected chi connectivity index (χ1v) is 7.88. The minimum absolute atomic E-state index is 0.0437. The molecule has 0 saturated heterocycles. The summed E-state index contributed by atoms with van der Waals surface area (Å²) in [4.78, 5) is 21.4. The number of fused-ring (bicyclic) bond motifs is 2.